The highest BCUT2D eigenvalue weighted by Crippen LogP contribution is 2.31. The molecule has 1 amide bonds. The highest BCUT2D eigenvalue weighted by atomic mass is 16.6. The van der Waals surface area contributed by atoms with Gasteiger partial charge in [0.1, 0.15) is 42.2 Å². The van der Waals surface area contributed by atoms with Crippen LogP contribution in [0.4, 0.5) is 0 Å². The maximum Gasteiger partial charge on any atom is 0.333 e. The number of nitrogens with two attached hydrogens (primary N) is 1. The summed E-state index contributed by atoms with van der Waals surface area (Å²) in [5, 5.41) is 56.2. The van der Waals surface area contributed by atoms with Gasteiger partial charge in [-0.1, -0.05) is 12.1 Å². The minimum atomic E-state index is -1.88. The van der Waals surface area contributed by atoms with Crippen molar-refractivity contribution in [2.24, 2.45) is 5.73 Å². The molecular weight excluding hydrogens is 558 g/mol. The molecule has 232 valence electrons. The number of nitrogens with zero attached hydrogens (tertiary/aromatic N) is 2. The number of amides is 1. The maximum absolute atomic E-state index is 13.2. The molecule has 1 aromatic heterocycles. The molecule has 1 aromatic carbocycles. The Morgan fingerprint density at radius 3 is 2.36 bits per heavy atom. The van der Waals surface area contributed by atoms with Crippen LogP contribution in [0.5, 0.6) is 5.75 Å². The molecule has 3 rings (SSSR count). The van der Waals surface area contributed by atoms with Crippen LogP contribution in [-0.4, -0.2) is 109 Å². The fourth-order valence-corrected chi connectivity index (χ4v) is 4.42. The summed E-state index contributed by atoms with van der Waals surface area (Å²) in [5.74, 6) is -1.49. The van der Waals surface area contributed by atoms with Crippen LogP contribution in [0.3, 0.4) is 0 Å². The first-order chi connectivity index (χ1) is 19.9. The standard InChI is InChI=1S/C26H37N5O11/c1-13(32)17(27)23(37)29-10-3-9-28-18(25(38)39)19(34)22-20(35)21(36)24(42-22)30-11-8-16(33)31(26(30)40)12-14-4-6-15(41-2)7-5-14/h4-8,11,13,17-22,24,28,32,34-36H,3,9-10,12,27H2,1-2H3,(H,29,37)(H,38,39)/t13-,17-,18-,19+,20-,21+,22?,24+/m0/s1. The number of carboxylic acids is 1. The van der Waals surface area contributed by atoms with Gasteiger partial charge in [-0.3, -0.25) is 23.5 Å². The van der Waals surface area contributed by atoms with E-state index >= 15 is 0 Å². The van der Waals surface area contributed by atoms with Crippen molar-refractivity contribution >= 4 is 11.9 Å². The molecule has 9 N–H and O–H groups in total. The lowest BCUT2D eigenvalue weighted by Gasteiger charge is -2.27. The van der Waals surface area contributed by atoms with E-state index in [9.17, 15) is 44.7 Å². The number of carbonyl (C=O) groups excluding carboxylic acids is 1. The van der Waals surface area contributed by atoms with Gasteiger partial charge < -0.3 is 51.4 Å². The molecule has 42 heavy (non-hydrogen) atoms. The smallest absolute Gasteiger partial charge is 0.333 e. The minimum absolute atomic E-state index is 0.00278. The van der Waals surface area contributed by atoms with E-state index in [0.717, 1.165) is 21.4 Å². The molecule has 0 saturated carbocycles. The van der Waals surface area contributed by atoms with Gasteiger partial charge >= 0.3 is 11.7 Å². The number of rotatable bonds is 14. The number of benzene rings is 1. The van der Waals surface area contributed by atoms with Crippen molar-refractivity contribution in [3.8, 4) is 5.75 Å². The third-order valence-corrected chi connectivity index (χ3v) is 6.93. The number of methoxy groups -OCH3 is 1. The summed E-state index contributed by atoms with van der Waals surface area (Å²) >= 11 is 0. The Labute approximate surface area is 239 Å². The van der Waals surface area contributed by atoms with Gasteiger partial charge in [-0.15, -0.1) is 0 Å². The minimum Gasteiger partial charge on any atom is -0.497 e. The van der Waals surface area contributed by atoms with E-state index in [0.29, 0.717) is 11.3 Å². The summed E-state index contributed by atoms with van der Waals surface area (Å²) < 4.78 is 12.5. The van der Waals surface area contributed by atoms with Gasteiger partial charge in [0.05, 0.1) is 19.8 Å². The number of aliphatic hydroxyl groups is 4. The van der Waals surface area contributed by atoms with Crippen LogP contribution in [0.25, 0.3) is 0 Å². The maximum atomic E-state index is 13.2. The zero-order valence-electron chi connectivity index (χ0n) is 23.1. The van der Waals surface area contributed by atoms with Crippen molar-refractivity contribution in [3.63, 3.8) is 0 Å². The number of hydrogen-bond acceptors (Lipinski definition) is 12. The number of aliphatic carboxylic acids is 1. The average Bonchev–Trinajstić information content (AvgIpc) is 3.25. The van der Waals surface area contributed by atoms with E-state index in [1.165, 1.54) is 14.0 Å². The molecule has 0 bridgehead atoms. The van der Waals surface area contributed by atoms with Crippen LogP contribution >= 0.6 is 0 Å². The van der Waals surface area contributed by atoms with Crippen LogP contribution in [-0.2, 0) is 20.9 Å². The molecule has 1 aliphatic rings. The van der Waals surface area contributed by atoms with E-state index < -0.39 is 72.0 Å². The molecule has 16 nitrogen and oxygen atoms in total. The second kappa shape index (κ2) is 14.5. The summed E-state index contributed by atoms with van der Waals surface area (Å²) in [6.45, 7) is 1.34. The quantitative estimate of drug-likeness (QED) is 0.0981. The molecule has 0 aliphatic carbocycles. The Morgan fingerprint density at radius 1 is 1.10 bits per heavy atom. The zero-order valence-corrected chi connectivity index (χ0v) is 23.1. The highest BCUT2D eigenvalue weighted by Gasteiger charge is 2.50. The molecule has 1 unspecified atom stereocenters. The summed E-state index contributed by atoms with van der Waals surface area (Å²) in [7, 11) is 1.50. The van der Waals surface area contributed by atoms with Crippen molar-refractivity contribution in [3.05, 3.63) is 62.9 Å². The van der Waals surface area contributed by atoms with Crippen LogP contribution in [0, 0.1) is 0 Å². The predicted octanol–water partition coefficient (Wildman–Crippen LogP) is -3.70. The number of nitrogens with one attached hydrogen (secondary N) is 2. The lowest BCUT2D eigenvalue weighted by atomic mass is 9.99. The number of aliphatic hydroxyl groups excluding tert-OH is 4. The van der Waals surface area contributed by atoms with E-state index in [1.54, 1.807) is 24.3 Å². The van der Waals surface area contributed by atoms with Crippen molar-refractivity contribution < 1.29 is 44.6 Å². The molecule has 0 spiro atoms. The topological polar surface area (TPSA) is 248 Å². The third kappa shape index (κ3) is 7.60. The molecular formula is C26H37N5O11. The van der Waals surface area contributed by atoms with E-state index in [4.69, 9.17) is 15.2 Å². The third-order valence-electron chi connectivity index (χ3n) is 6.93. The summed E-state index contributed by atoms with van der Waals surface area (Å²) in [5.41, 5.74) is 4.64. The van der Waals surface area contributed by atoms with Crippen LogP contribution in [0.15, 0.2) is 46.1 Å². The first-order valence-electron chi connectivity index (χ1n) is 13.2. The van der Waals surface area contributed by atoms with Gasteiger partial charge in [-0.25, -0.2) is 4.79 Å². The average molecular weight is 596 g/mol. The normalized spacial score (nSPS) is 23.1. The molecule has 2 aromatic rings. The molecule has 8 atom stereocenters. The van der Waals surface area contributed by atoms with Crippen molar-refractivity contribution in [2.45, 2.75) is 68.7 Å². The number of carboxylic acid groups (broad SMARTS) is 1. The summed E-state index contributed by atoms with van der Waals surface area (Å²) in [6, 6.07) is 4.93. The molecule has 0 radical (unpaired) electrons. The largest absolute Gasteiger partial charge is 0.497 e. The summed E-state index contributed by atoms with van der Waals surface area (Å²) in [6.07, 6.45) is -8.35. The van der Waals surface area contributed by atoms with Crippen molar-refractivity contribution in [1.29, 1.82) is 0 Å². The zero-order chi connectivity index (χ0) is 31.1. The predicted molar refractivity (Wildman–Crippen MR) is 146 cm³/mol. The first kappa shape index (κ1) is 32.9. The van der Waals surface area contributed by atoms with Crippen LogP contribution in [0.2, 0.25) is 0 Å². The Bertz CT molecular complexity index is 1330. The fraction of sp³-hybridized carbons (Fsp3) is 0.538. The lowest BCUT2D eigenvalue weighted by molar-refractivity contribution is -0.149. The Balaban J connectivity index is 1.69. The number of carbonyl (C=O) groups is 2. The van der Waals surface area contributed by atoms with Crippen molar-refractivity contribution in [1.82, 2.24) is 19.8 Å². The van der Waals surface area contributed by atoms with Crippen molar-refractivity contribution in [2.75, 3.05) is 20.2 Å². The number of ether oxygens (including phenoxy) is 2. The monoisotopic (exact) mass is 595 g/mol. The Kier molecular flexibility index (Phi) is 11.3. The first-order valence-corrected chi connectivity index (χ1v) is 13.2. The number of aromatic nitrogens is 2. The second-order valence-electron chi connectivity index (χ2n) is 9.92. The van der Waals surface area contributed by atoms with Gasteiger partial charge in [-0.2, -0.15) is 0 Å². The SMILES string of the molecule is COc1ccc(Cn2c(=O)ccn([C@@H]3OC([C@H](O)[C@H](NCCCNC(=O)[C@@H](N)[C@H](C)O)C(=O)O)[C@@H](O)[C@H]3O)c2=O)cc1. The van der Waals surface area contributed by atoms with E-state index in [-0.39, 0.29) is 26.1 Å². The molecule has 1 fully saturated rings. The Morgan fingerprint density at radius 2 is 1.76 bits per heavy atom. The molecule has 1 aliphatic heterocycles. The highest BCUT2D eigenvalue weighted by molar-refractivity contribution is 5.82. The number of hydrogen-bond donors (Lipinski definition) is 8. The summed E-state index contributed by atoms with van der Waals surface area (Å²) in [4.78, 5) is 49.4. The van der Waals surface area contributed by atoms with Gasteiger partial charge in [0.2, 0.25) is 5.91 Å². The fourth-order valence-electron chi connectivity index (χ4n) is 4.42. The van der Waals surface area contributed by atoms with Gasteiger partial charge in [-0.05, 0) is 37.6 Å². The Hall–Kier alpha value is -3.64. The van der Waals surface area contributed by atoms with E-state index in [2.05, 4.69) is 10.6 Å². The molecule has 2 heterocycles. The van der Waals surface area contributed by atoms with Crippen LogP contribution in [0.1, 0.15) is 25.1 Å². The second-order valence-corrected chi connectivity index (χ2v) is 9.92. The molecule has 1 saturated heterocycles. The van der Waals surface area contributed by atoms with E-state index in [1.807, 2.05) is 0 Å². The van der Waals surface area contributed by atoms with Gasteiger partial charge in [0, 0.05) is 18.8 Å². The van der Waals surface area contributed by atoms with Gasteiger partial charge in [0.15, 0.2) is 6.23 Å². The lowest BCUT2D eigenvalue weighted by Crippen LogP contribution is -2.54. The van der Waals surface area contributed by atoms with Crippen LogP contribution < -0.4 is 32.4 Å². The molecule has 16 heteroatoms. The van der Waals surface area contributed by atoms with Gasteiger partial charge in [0.25, 0.3) is 5.56 Å².